The van der Waals surface area contributed by atoms with Crippen molar-refractivity contribution in [3.63, 3.8) is 0 Å². The smallest absolute Gasteiger partial charge is 0.191 e. The Hall–Kier alpha value is -0.900. The van der Waals surface area contributed by atoms with E-state index < -0.39 is 0 Å². The van der Waals surface area contributed by atoms with Crippen LogP contribution in [0.4, 0.5) is 0 Å². The molecule has 152 valence electrons. The summed E-state index contributed by atoms with van der Waals surface area (Å²) in [7, 11) is 1.83. The van der Waals surface area contributed by atoms with Crippen LogP contribution in [0.2, 0.25) is 0 Å². The summed E-state index contributed by atoms with van der Waals surface area (Å²) in [5.41, 5.74) is 1.23. The molecule has 0 radical (unpaired) electrons. The number of nitrogens with zero attached hydrogens (tertiary/aromatic N) is 3. The van der Waals surface area contributed by atoms with E-state index in [-0.39, 0.29) is 30.1 Å². The van der Waals surface area contributed by atoms with Gasteiger partial charge in [-0.1, -0.05) is 30.3 Å². The highest BCUT2D eigenvalue weighted by Crippen LogP contribution is 2.16. The second kappa shape index (κ2) is 11.8. The summed E-state index contributed by atoms with van der Waals surface area (Å²) < 4.78 is 5.92. The zero-order valence-corrected chi connectivity index (χ0v) is 18.9. The van der Waals surface area contributed by atoms with Crippen LogP contribution in [0, 0.1) is 0 Å². The molecule has 2 N–H and O–H groups in total. The van der Waals surface area contributed by atoms with Crippen molar-refractivity contribution in [2.24, 2.45) is 4.99 Å². The van der Waals surface area contributed by atoms with Crippen LogP contribution in [0.15, 0.2) is 35.3 Å². The monoisotopic (exact) mass is 487 g/mol. The summed E-state index contributed by atoms with van der Waals surface area (Å²) in [6.45, 7) is 10.7. The summed E-state index contributed by atoms with van der Waals surface area (Å²) in [6.07, 6.45) is 1.10. The molecule has 3 aliphatic heterocycles. The van der Waals surface area contributed by atoms with Crippen molar-refractivity contribution in [3.05, 3.63) is 35.9 Å². The number of fused-ring (bicyclic) bond motifs is 3. The fraction of sp³-hybridized carbons (Fsp3) is 0.650. The third-order valence-electron chi connectivity index (χ3n) is 5.37. The van der Waals surface area contributed by atoms with Crippen molar-refractivity contribution in [2.45, 2.75) is 25.5 Å². The predicted molar refractivity (Wildman–Crippen MR) is 122 cm³/mol. The van der Waals surface area contributed by atoms with E-state index in [1.807, 2.05) is 13.1 Å². The summed E-state index contributed by atoms with van der Waals surface area (Å²) in [5.74, 6) is 0.888. The molecule has 4 rings (SSSR count). The van der Waals surface area contributed by atoms with Crippen molar-refractivity contribution in [3.8, 4) is 0 Å². The first-order valence-electron chi connectivity index (χ1n) is 9.83. The lowest BCUT2D eigenvalue weighted by Gasteiger charge is -2.47. The minimum absolute atomic E-state index is 0. The van der Waals surface area contributed by atoms with Gasteiger partial charge >= 0.3 is 0 Å². The van der Waals surface area contributed by atoms with Gasteiger partial charge in [0.05, 0.1) is 6.10 Å². The number of benzene rings is 1. The highest BCUT2D eigenvalue weighted by Gasteiger charge is 2.31. The minimum atomic E-state index is 0. The van der Waals surface area contributed by atoms with Gasteiger partial charge in [0.2, 0.25) is 0 Å². The van der Waals surface area contributed by atoms with Gasteiger partial charge in [-0.3, -0.25) is 14.8 Å². The number of guanidine groups is 1. The molecule has 6 nitrogen and oxygen atoms in total. The Kier molecular flexibility index (Phi) is 9.81. The number of halogens is 1. The second-order valence-electron chi connectivity index (χ2n) is 7.15. The Bertz CT molecular complexity index is 563. The Balaban J connectivity index is 0.00000261. The summed E-state index contributed by atoms with van der Waals surface area (Å²) in [4.78, 5) is 9.50. The van der Waals surface area contributed by atoms with Gasteiger partial charge in [-0.25, -0.2) is 0 Å². The van der Waals surface area contributed by atoms with Crippen molar-refractivity contribution in [2.75, 3.05) is 59.5 Å². The fourth-order valence-corrected chi connectivity index (χ4v) is 3.71. The first-order valence-corrected chi connectivity index (χ1v) is 9.83. The van der Waals surface area contributed by atoms with Gasteiger partial charge in [-0.2, -0.15) is 0 Å². The van der Waals surface area contributed by atoms with E-state index in [0.29, 0.717) is 6.04 Å². The first-order chi connectivity index (χ1) is 12.8. The number of rotatable bonds is 8. The van der Waals surface area contributed by atoms with Crippen molar-refractivity contribution < 1.29 is 4.74 Å². The van der Waals surface area contributed by atoms with Crippen molar-refractivity contribution in [1.29, 1.82) is 0 Å². The van der Waals surface area contributed by atoms with E-state index in [1.54, 1.807) is 0 Å². The first kappa shape index (κ1) is 22.4. The lowest BCUT2D eigenvalue weighted by atomic mass is 10.1. The minimum Gasteiger partial charge on any atom is -0.374 e. The summed E-state index contributed by atoms with van der Waals surface area (Å²) >= 11 is 0. The van der Waals surface area contributed by atoms with Gasteiger partial charge in [-0.15, -0.1) is 24.0 Å². The van der Waals surface area contributed by atoms with Crippen LogP contribution >= 0.6 is 24.0 Å². The molecule has 2 atom stereocenters. The van der Waals surface area contributed by atoms with Crippen LogP contribution in [0.25, 0.3) is 0 Å². The quantitative estimate of drug-likeness (QED) is 0.254. The van der Waals surface area contributed by atoms with Crippen LogP contribution in [-0.4, -0.2) is 81.3 Å². The second-order valence-corrected chi connectivity index (χ2v) is 7.15. The maximum atomic E-state index is 5.92. The molecule has 3 aliphatic rings. The largest absolute Gasteiger partial charge is 0.374 e. The van der Waals surface area contributed by atoms with E-state index in [1.165, 1.54) is 38.3 Å². The van der Waals surface area contributed by atoms with Crippen LogP contribution in [0.1, 0.15) is 25.0 Å². The van der Waals surface area contributed by atoms with Crippen LogP contribution in [0.3, 0.4) is 0 Å². The molecule has 27 heavy (non-hydrogen) atoms. The van der Waals surface area contributed by atoms with E-state index >= 15 is 0 Å². The predicted octanol–water partition coefficient (Wildman–Crippen LogP) is 1.94. The topological polar surface area (TPSA) is 52.1 Å². The molecule has 0 spiro atoms. The van der Waals surface area contributed by atoms with Crippen molar-refractivity contribution in [1.82, 2.24) is 20.4 Å². The maximum Gasteiger partial charge on any atom is 0.191 e. The van der Waals surface area contributed by atoms with Gasteiger partial charge in [0.1, 0.15) is 0 Å². The molecule has 2 bridgehead atoms. The Morgan fingerprint density at radius 2 is 1.93 bits per heavy atom. The van der Waals surface area contributed by atoms with Gasteiger partial charge in [0, 0.05) is 65.5 Å². The molecule has 0 aliphatic carbocycles. The van der Waals surface area contributed by atoms with E-state index in [2.05, 4.69) is 56.6 Å². The molecule has 1 aromatic rings. The van der Waals surface area contributed by atoms with E-state index in [4.69, 9.17) is 4.74 Å². The highest BCUT2D eigenvalue weighted by molar-refractivity contribution is 14.0. The van der Waals surface area contributed by atoms with Gasteiger partial charge < -0.3 is 15.4 Å². The molecule has 7 heteroatoms. The molecule has 3 fully saturated rings. The molecule has 3 heterocycles. The van der Waals surface area contributed by atoms with E-state index in [9.17, 15) is 0 Å². The molecule has 0 amide bonds. The molecule has 0 saturated carbocycles. The third-order valence-corrected chi connectivity index (χ3v) is 5.37. The number of hydrogen-bond donors (Lipinski definition) is 2. The zero-order chi connectivity index (χ0) is 18.2. The third kappa shape index (κ3) is 6.89. The fourth-order valence-electron chi connectivity index (χ4n) is 3.71. The standard InChI is InChI=1S/C20H33N5O.HI/c1-17(18-7-4-3-5-8-18)26-14-6-9-22-20(21-2)23-15-19-16-24-10-12-25(19)13-11-24;/h3-5,7-8,17,19H,6,9-16H2,1-2H3,(H2,21,22,23);1H. The molecular formula is C20H34IN5O. The lowest BCUT2D eigenvalue weighted by Crippen LogP contribution is -2.63. The van der Waals surface area contributed by atoms with Crippen molar-refractivity contribution >= 4 is 29.9 Å². The van der Waals surface area contributed by atoms with Crippen LogP contribution in [-0.2, 0) is 4.74 Å². The van der Waals surface area contributed by atoms with Gasteiger partial charge in [0.25, 0.3) is 0 Å². The number of ether oxygens (including phenoxy) is 1. The number of piperazine rings is 3. The SMILES string of the molecule is CN=C(NCCCOC(C)c1ccccc1)NCC1CN2CCN1CC2.I. The average Bonchev–Trinajstić information content (AvgIpc) is 2.71. The number of aliphatic imine (C=N–C) groups is 1. The maximum absolute atomic E-state index is 5.92. The summed E-state index contributed by atoms with van der Waals surface area (Å²) in [5, 5.41) is 6.87. The van der Waals surface area contributed by atoms with Crippen LogP contribution < -0.4 is 10.6 Å². The molecule has 3 saturated heterocycles. The average molecular weight is 487 g/mol. The highest BCUT2D eigenvalue weighted by atomic mass is 127. The van der Waals surface area contributed by atoms with E-state index in [0.717, 1.165) is 32.1 Å². The summed E-state index contributed by atoms with van der Waals surface area (Å²) in [6, 6.07) is 11.0. The number of nitrogens with one attached hydrogen (secondary N) is 2. The normalized spacial score (nSPS) is 25.6. The Morgan fingerprint density at radius 3 is 2.56 bits per heavy atom. The lowest BCUT2D eigenvalue weighted by molar-refractivity contribution is 0.0154. The Morgan fingerprint density at radius 1 is 1.19 bits per heavy atom. The van der Waals surface area contributed by atoms with Gasteiger partial charge in [-0.05, 0) is 18.9 Å². The molecule has 2 unspecified atom stereocenters. The number of hydrogen-bond acceptors (Lipinski definition) is 4. The Labute approximate surface area is 180 Å². The molecule has 0 aromatic heterocycles. The molecular weight excluding hydrogens is 453 g/mol. The van der Waals surface area contributed by atoms with Gasteiger partial charge in [0.15, 0.2) is 5.96 Å². The molecule has 1 aromatic carbocycles. The van der Waals surface area contributed by atoms with Crippen LogP contribution in [0.5, 0.6) is 0 Å². The zero-order valence-electron chi connectivity index (χ0n) is 16.6.